The lowest BCUT2D eigenvalue weighted by atomic mass is 10.0. The molecule has 0 aliphatic carbocycles. The van der Waals surface area contributed by atoms with Gasteiger partial charge in [-0.15, -0.1) is 0 Å². The molecule has 9 heteroatoms. The van der Waals surface area contributed by atoms with Crippen molar-refractivity contribution < 1.29 is 22.4 Å². The molecule has 44 heavy (non-hydrogen) atoms. The maximum absolute atomic E-state index is 14.4. The van der Waals surface area contributed by atoms with Gasteiger partial charge in [0.15, 0.2) is 0 Å². The smallest absolute Gasteiger partial charge is 0.264 e. The molecule has 0 radical (unpaired) electrons. The molecule has 0 spiro atoms. The Hall–Kier alpha value is -4.50. The molecule has 230 valence electrons. The highest BCUT2D eigenvalue weighted by Crippen LogP contribution is 2.25. The van der Waals surface area contributed by atoms with E-state index in [0.29, 0.717) is 6.54 Å². The van der Waals surface area contributed by atoms with Crippen LogP contribution in [0, 0.1) is 12.7 Å². The summed E-state index contributed by atoms with van der Waals surface area (Å²) in [5, 5.41) is 2.98. The van der Waals surface area contributed by atoms with Crippen LogP contribution >= 0.6 is 0 Å². The number of carbonyl (C=O) groups is 2. The molecule has 0 aromatic heterocycles. The van der Waals surface area contributed by atoms with E-state index in [1.165, 1.54) is 17.0 Å². The first kappa shape index (κ1) is 32.4. The van der Waals surface area contributed by atoms with Crippen molar-refractivity contribution in [2.24, 2.45) is 0 Å². The number of para-hydroxylation sites is 1. The summed E-state index contributed by atoms with van der Waals surface area (Å²) >= 11 is 0. The van der Waals surface area contributed by atoms with Gasteiger partial charge in [0.25, 0.3) is 10.0 Å². The van der Waals surface area contributed by atoms with Crippen molar-refractivity contribution in [3.05, 3.63) is 132 Å². The predicted molar refractivity (Wildman–Crippen MR) is 171 cm³/mol. The Morgan fingerprint density at radius 2 is 1.48 bits per heavy atom. The predicted octanol–water partition coefficient (Wildman–Crippen LogP) is 5.89. The van der Waals surface area contributed by atoms with Crippen molar-refractivity contribution in [2.75, 3.05) is 17.4 Å². The van der Waals surface area contributed by atoms with E-state index in [1.54, 1.807) is 30.3 Å². The third kappa shape index (κ3) is 8.54. The van der Waals surface area contributed by atoms with E-state index in [4.69, 9.17) is 0 Å². The fourth-order valence-corrected chi connectivity index (χ4v) is 6.34. The van der Waals surface area contributed by atoms with Crippen LogP contribution in [0.5, 0.6) is 0 Å². The Morgan fingerprint density at radius 3 is 2.11 bits per heavy atom. The van der Waals surface area contributed by atoms with Crippen molar-refractivity contribution in [3.63, 3.8) is 0 Å². The van der Waals surface area contributed by atoms with Crippen LogP contribution in [0.2, 0.25) is 0 Å². The topological polar surface area (TPSA) is 86.8 Å². The van der Waals surface area contributed by atoms with Gasteiger partial charge in [-0.25, -0.2) is 12.8 Å². The fourth-order valence-electron chi connectivity index (χ4n) is 4.92. The Labute approximate surface area is 259 Å². The molecule has 0 aliphatic heterocycles. The van der Waals surface area contributed by atoms with Crippen LogP contribution in [-0.4, -0.2) is 44.3 Å². The van der Waals surface area contributed by atoms with Crippen LogP contribution in [0.15, 0.2) is 114 Å². The molecule has 0 unspecified atom stereocenters. The lowest BCUT2D eigenvalue weighted by Gasteiger charge is -2.34. The standard InChI is InChI=1S/C35H38FN3O4S/c1-3-4-22-37-35(41)33(24-28-13-7-5-8-14-28)38(25-29-15-11-12-27(2)23-29)34(40)26-39(31-16-9-6-10-17-31)44(42,43)32-20-18-30(36)19-21-32/h5-21,23,33H,3-4,22,24-26H2,1-2H3,(H,37,41)/t33-/m1/s1. The Morgan fingerprint density at radius 1 is 0.841 bits per heavy atom. The Balaban J connectivity index is 1.77. The first-order chi connectivity index (χ1) is 21.2. The minimum absolute atomic E-state index is 0.0957. The number of hydrogen-bond acceptors (Lipinski definition) is 4. The Kier molecular flexibility index (Phi) is 11.3. The number of unbranched alkanes of at least 4 members (excludes halogenated alkanes) is 1. The molecule has 0 saturated carbocycles. The maximum atomic E-state index is 14.4. The van der Waals surface area contributed by atoms with Gasteiger partial charge in [0.1, 0.15) is 18.4 Å². The molecule has 2 amide bonds. The largest absolute Gasteiger partial charge is 0.354 e. The summed E-state index contributed by atoms with van der Waals surface area (Å²) in [6, 6.07) is 29.0. The van der Waals surface area contributed by atoms with Crippen LogP contribution in [0.1, 0.15) is 36.5 Å². The van der Waals surface area contributed by atoms with Crippen molar-refractivity contribution in [3.8, 4) is 0 Å². The third-order valence-corrected chi connectivity index (χ3v) is 9.05. The van der Waals surface area contributed by atoms with E-state index in [0.717, 1.165) is 46.0 Å². The number of nitrogens with zero attached hydrogens (tertiary/aromatic N) is 2. The van der Waals surface area contributed by atoms with E-state index in [1.807, 2.05) is 68.4 Å². The van der Waals surface area contributed by atoms with E-state index in [2.05, 4.69) is 5.32 Å². The Bertz CT molecular complexity index is 1630. The van der Waals surface area contributed by atoms with Gasteiger partial charge in [-0.1, -0.05) is 91.7 Å². The third-order valence-electron chi connectivity index (χ3n) is 7.26. The number of anilines is 1. The van der Waals surface area contributed by atoms with Gasteiger partial charge in [0.05, 0.1) is 10.6 Å². The molecule has 4 aromatic rings. The van der Waals surface area contributed by atoms with Crippen LogP contribution < -0.4 is 9.62 Å². The highest BCUT2D eigenvalue weighted by atomic mass is 32.2. The molecule has 4 rings (SSSR count). The average molecular weight is 616 g/mol. The highest BCUT2D eigenvalue weighted by Gasteiger charge is 2.34. The summed E-state index contributed by atoms with van der Waals surface area (Å²) in [7, 11) is -4.28. The monoisotopic (exact) mass is 615 g/mol. The normalized spacial score (nSPS) is 11.9. The first-order valence-electron chi connectivity index (χ1n) is 14.7. The molecule has 0 aliphatic rings. The summed E-state index contributed by atoms with van der Waals surface area (Å²) in [5.74, 6) is -1.43. The average Bonchev–Trinajstić information content (AvgIpc) is 3.02. The van der Waals surface area contributed by atoms with E-state index < -0.39 is 34.3 Å². The summed E-state index contributed by atoms with van der Waals surface area (Å²) in [6.45, 7) is 3.96. The number of aryl methyl sites for hydroxylation is 1. The second kappa shape index (κ2) is 15.3. The maximum Gasteiger partial charge on any atom is 0.264 e. The zero-order chi connectivity index (χ0) is 31.5. The van der Waals surface area contributed by atoms with Crippen LogP contribution in [-0.2, 0) is 32.6 Å². The number of nitrogens with one attached hydrogen (secondary N) is 1. The van der Waals surface area contributed by atoms with Crippen LogP contribution in [0.3, 0.4) is 0 Å². The second-order valence-electron chi connectivity index (χ2n) is 10.7. The van der Waals surface area contributed by atoms with Gasteiger partial charge in [0, 0.05) is 19.5 Å². The second-order valence-corrected chi connectivity index (χ2v) is 12.5. The lowest BCUT2D eigenvalue weighted by molar-refractivity contribution is -0.140. The van der Waals surface area contributed by atoms with Gasteiger partial charge in [-0.3, -0.25) is 13.9 Å². The van der Waals surface area contributed by atoms with Crippen molar-refractivity contribution in [2.45, 2.75) is 50.6 Å². The zero-order valence-electron chi connectivity index (χ0n) is 25.0. The lowest BCUT2D eigenvalue weighted by Crippen LogP contribution is -2.53. The van der Waals surface area contributed by atoms with Crippen LogP contribution in [0.4, 0.5) is 10.1 Å². The molecule has 7 nitrogen and oxygen atoms in total. The molecule has 0 saturated heterocycles. The number of hydrogen-bond donors (Lipinski definition) is 1. The summed E-state index contributed by atoms with van der Waals surface area (Å²) in [6.07, 6.45) is 1.92. The number of amides is 2. The van der Waals surface area contributed by atoms with E-state index in [-0.39, 0.29) is 29.5 Å². The number of carbonyl (C=O) groups excluding carboxylic acids is 2. The fraction of sp³-hybridized carbons (Fsp3) is 0.257. The zero-order valence-corrected chi connectivity index (χ0v) is 25.8. The molecule has 0 fully saturated rings. The first-order valence-corrected chi connectivity index (χ1v) is 16.1. The van der Waals surface area contributed by atoms with Crippen molar-refractivity contribution in [1.29, 1.82) is 0 Å². The summed E-state index contributed by atoms with van der Waals surface area (Å²) in [5.41, 5.74) is 2.94. The highest BCUT2D eigenvalue weighted by molar-refractivity contribution is 7.92. The molecule has 1 atom stereocenters. The van der Waals surface area contributed by atoms with Gasteiger partial charge < -0.3 is 10.2 Å². The summed E-state index contributed by atoms with van der Waals surface area (Å²) in [4.78, 5) is 29.5. The molecule has 4 aromatic carbocycles. The van der Waals surface area contributed by atoms with Gasteiger partial charge in [-0.2, -0.15) is 0 Å². The quantitative estimate of drug-likeness (QED) is 0.179. The van der Waals surface area contributed by atoms with Gasteiger partial charge >= 0.3 is 0 Å². The minimum atomic E-state index is -4.28. The molecular weight excluding hydrogens is 577 g/mol. The SMILES string of the molecule is CCCCNC(=O)[C@@H](Cc1ccccc1)N(Cc1cccc(C)c1)C(=O)CN(c1ccccc1)S(=O)(=O)c1ccc(F)cc1. The molecule has 0 bridgehead atoms. The van der Waals surface area contributed by atoms with Gasteiger partial charge in [-0.05, 0) is 60.9 Å². The summed E-state index contributed by atoms with van der Waals surface area (Å²) < 4.78 is 42.6. The number of rotatable bonds is 14. The van der Waals surface area contributed by atoms with Crippen LogP contribution in [0.25, 0.3) is 0 Å². The molecular formula is C35H38FN3O4S. The van der Waals surface area contributed by atoms with Crippen molar-refractivity contribution >= 4 is 27.5 Å². The minimum Gasteiger partial charge on any atom is -0.354 e. The van der Waals surface area contributed by atoms with E-state index in [9.17, 15) is 22.4 Å². The van der Waals surface area contributed by atoms with Gasteiger partial charge in [0.2, 0.25) is 11.8 Å². The number of sulfonamides is 1. The van der Waals surface area contributed by atoms with Crippen molar-refractivity contribution in [1.82, 2.24) is 10.2 Å². The van der Waals surface area contributed by atoms with E-state index >= 15 is 0 Å². The molecule has 0 heterocycles. The number of halogens is 1. The number of benzene rings is 4. The molecule has 1 N–H and O–H groups in total.